The van der Waals surface area contributed by atoms with Gasteiger partial charge in [-0.2, -0.15) is 5.26 Å². The number of H-pyrrole nitrogens is 1. The molecular weight excluding hydrogens is 403 g/mol. The van der Waals surface area contributed by atoms with Crippen molar-refractivity contribution < 1.29 is 4.74 Å². The van der Waals surface area contributed by atoms with E-state index in [-0.39, 0.29) is 17.2 Å². The molecule has 0 saturated heterocycles. The summed E-state index contributed by atoms with van der Waals surface area (Å²) in [7, 11) is 0. The van der Waals surface area contributed by atoms with Crippen molar-refractivity contribution in [3.05, 3.63) is 56.1 Å². The molecule has 3 N–H and O–H groups in total. The van der Waals surface area contributed by atoms with Crippen molar-refractivity contribution in [2.45, 2.75) is 32.1 Å². The Bertz CT molecular complexity index is 839. The topological polar surface area (TPSA) is 87.7 Å². The molecule has 118 valence electrons. The Morgan fingerprint density at radius 2 is 2.04 bits per heavy atom. The quantitative estimate of drug-likeness (QED) is 0.691. The molecule has 0 spiro atoms. The number of nitrogens with one attached hydrogen (secondary N) is 1. The van der Waals surface area contributed by atoms with Crippen LogP contribution in [0.2, 0.25) is 0 Å². The molecule has 0 saturated carbocycles. The molecular formula is C17H17IN4O. The molecule has 0 amide bonds. The average molecular weight is 420 g/mol. The minimum Gasteiger partial charge on any atom is -0.420 e. The first-order chi connectivity index (χ1) is 10.8. The van der Waals surface area contributed by atoms with Crippen LogP contribution in [0.4, 0.5) is 0 Å². The van der Waals surface area contributed by atoms with Crippen LogP contribution >= 0.6 is 22.6 Å². The van der Waals surface area contributed by atoms with Gasteiger partial charge in [-0.1, -0.05) is 39.0 Å². The first kappa shape index (κ1) is 15.9. The van der Waals surface area contributed by atoms with Gasteiger partial charge in [0.05, 0.1) is 11.5 Å². The predicted octanol–water partition coefficient (Wildman–Crippen LogP) is 3.53. The maximum absolute atomic E-state index is 9.64. The Balaban J connectivity index is 2.31. The van der Waals surface area contributed by atoms with Crippen LogP contribution in [0.15, 0.2) is 35.7 Å². The summed E-state index contributed by atoms with van der Waals surface area (Å²) in [6.45, 7) is 6.30. The monoisotopic (exact) mass is 420 g/mol. The second-order valence-corrected chi connectivity index (χ2v) is 7.68. The van der Waals surface area contributed by atoms with E-state index in [4.69, 9.17) is 10.5 Å². The smallest absolute Gasteiger partial charge is 0.244 e. The number of nitrogens with zero attached hydrogens (tertiary/aromatic N) is 2. The molecule has 2 aromatic rings. The van der Waals surface area contributed by atoms with E-state index in [0.717, 1.165) is 20.4 Å². The third kappa shape index (κ3) is 2.59. The Labute approximate surface area is 148 Å². The highest BCUT2D eigenvalue weighted by Gasteiger charge is 2.38. The maximum atomic E-state index is 9.64. The van der Waals surface area contributed by atoms with E-state index in [1.165, 1.54) is 0 Å². The zero-order chi connectivity index (χ0) is 16.8. The Morgan fingerprint density at radius 1 is 1.35 bits per heavy atom. The summed E-state index contributed by atoms with van der Waals surface area (Å²) in [5, 5.41) is 17.0. The van der Waals surface area contributed by atoms with Gasteiger partial charge in [-0.3, -0.25) is 5.10 Å². The zero-order valence-electron chi connectivity index (χ0n) is 13.1. The van der Waals surface area contributed by atoms with Gasteiger partial charge in [0.15, 0.2) is 0 Å². The third-order valence-corrected chi connectivity index (χ3v) is 4.89. The molecule has 1 aliphatic rings. The number of ether oxygens (including phenoxy) is 1. The van der Waals surface area contributed by atoms with Crippen molar-refractivity contribution in [1.82, 2.24) is 10.2 Å². The summed E-state index contributed by atoms with van der Waals surface area (Å²) in [5.41, 5.74) is 9.13. The number of fused-ring (bicyclic) bond motifs is 1. The van der Waals surface area contributed by atoms with Crippen LogP contribution in [0.5, 0.6) is 5.88 Å². The van der Waals surface area contributed by atoms with Crippen molar-refractivity contribution in [2.75, 3.05) is 0 Å². The van der Waals surface area contributed by atoms with E-state index < -0.39 is 0 Å². The van der Waals surface area contributed by atoms with Crippen molar-refractivity contribution in [1.29, 1.82) is 5.26 Å². The molecule has 0 fully saturated rings. The highest BCUT2D eigenvalue weighted by Crippen LogP contribution is 2.46. The largest absolute Gasteiger partial charge is 0.420 e. The minimum absolute atomic E-state index is 0.122. The van der Waals surface area contributed by atoms with E-state index in [1.54, 1.807) is 0 Å². The molecule has 5 nitrogen and oxygen atoms in total. The first-order valence-electron chi connectivity index (χ1n) is 7.25. The lowest BCUT2D eigenvalue weighted by molar-refractivity contribution is 0.378. The molecule has 6 heteroatoms. The van der Waals surface area contributed by atoms with Gasteiger partial charge < -0.3 is 10.5 Å². The molecule has 2 heterocycles. The molecule has 1 aliphatic heterocycles. The van der Waals surface area contributed by atoms with Gasteiger partial charge in [0.25, 0.3) is 0 Å². The predicted molar refractivity (Wildman–Crippen MR) is 95.7 cm³/mol. The number of allylic oxidation sites excluding steroid dienone is 1. The number of hydrogen-bond acceptors (Lipinski definition) is 4. The summed E-state index contributed by atoms with van der Waals surface area (Å²) < 4.78 is 6.67. The summed E-state index contributed by atoms with van der Waals surface area (Å²) in [6, 6.07) is 10.2. The lowest BCUT2D eigenvalue weighted by atomic mass is 9.79. The minimum atomic E-state index is -0.273. The van der Waals surface area contributed by atoms with E-state index in [1.807, 2.05) is 24.3 Å². The fourth-order valence-electron chi connectivity index (χ4n) is 2.84. The highest BCUT2D eigenvalue weighted by atomic mass is 127. The SMILES string of the molecule is CC(C)(C)c1[nH]nc2c1C(c1ccccc1I)C(C#N)=C(N)O2. The number of rotatable bonds is 1. The van der Waals surface area contributed by atoms with E-state index in [0.29, 0.717) is 11.5 Å². The number of aromatic amines is 1. The summed E-state index contributed by atoms with van der Waals surface area (Å²) in [5.74, 6) is 0.303. The highest BCUT2D eigenvalue weighted by molar-refractivity contribution is 14.1. The van der Waals surface area contributed by atoms with Crippen LogP contribution in [0, 0.1) is 14.9 Å². The third-order valence-electron chi connectivity index (χ3n) is 3.91. The maximum Gasteiger partial charge on any atom is 0.244 e. The number of hydrogen-bond donors (Lipinski definition) is 2. The van der Waals surface area contributed by atoms with Crippen LogP contribution in [0.3, 0.4) is 0 Å². The van der Waals surface area contributed by atoms with Crippen LogP contribution in [-0.4, -0.2) is 10.2 Å². The molecule has 3 rings (SSSR count). The normalized spacial score (nSPS) is 17.4. The Kier molecular flexibility index (Phi) is 3.84. The second kappa shape index (κ2) is 5.57. The van der Waals surface area contributed by atoms with Crippen LogP contribution in [-0.2, 0) is 5.41 Å². The molecule has 1 unspecified atom stereocenters. The Hall–Kier alpha value is -2.01. The molecule has 0 radical (unpaired) electrons. The van der Waals surface area contributed by atoms with Gasteiger partial charge in [-0.05, 0) is 34.2 Å². The van der Waals surface area contributed by atoms with Gasteiger partial charge in [0.1, 0.15) is 11.6 Å². The fraction of sp³-hybridized carbons (Fsp3) is 0.294. The Morgan fingerprint density at radius 3 is 2.65 bits per heavy atom. The standard InChI is InChI=1S/C17H17IN4O/c1-17(2,3)14-13-12(9-6-4-5-7-11(9)18)10(8-19)15(20)23-16(13)22-21-14/h4-7,12H,20H2,1-3H3,(H,21,22). The van der Waals surface area contributed by atoms with Crippen LogP contribution in [0.1, 0.15) is 43.5 Å². The molecule has 1 aromatic carbocycles. The number of halogens is 1. The average Bonchev–Trinajstić information content (AvgIpc) is 2.90. The van der Waals surface area contributed by atoms with E-state index in [9.17, 15) is 5.26 Å². The van der Waals surface area contributed by atoms with Crippen molar-refractivity contribution in [3.63, 3.8) is 0 Å². The lowest BCUT2D eigenvalue weighted by Crippen LogP contribution is -2.24. The van der Waals surface area contributed by atoms with E-state index >= 15 is 0 Å². The van der Waals surface area contributed by atoms with Crippen molar-refractivity contribution in [3.8, 4) is 11.9 Å². The summed E-state index contributed by atoms with van der Waals surface area (Å²) >= 11 is 2.28. The molecule has 0 aliphatic carbocycles. The van der Waals surface area contributed by atoms with Gasteiger partial charge in [-0.15, -0.1) is 5.10 Å². The lowest BCUT2D eigenvalue weighted by Gasteiger charge is -2.28. The molecule has 1 atom stereocenters. The molecule has 1 aromatic heterocycles. The van der Waals surface area contributed by atoms with Crippen LogP contribution in [0.25, 0.3) is 0 Å². The van der Waals surface area contributed by atoms with E-state index in [2.05, 4.69) is 59.6 Å². The van der Waals surface area contributed by atoms with Crippen molar-refractivity contribution >= 4 is 22.6 Å². The molecule has 23 heavy (non-hydrogen) atoms. The van der Waals surface area contributed by atoms with Gasteiger partial charge in [0, 0.05) is 14.7 Å². The number of nitriles is 1. The van der Waals surface area contributed by atoms with Crippen molar-refractivity contribution in [2.24, 2.45) is 5.73 Å². The van der Waals surface area contributed by atoms with Crippen LogP contribution < -0.4 is 10.5 Å². The second-order valence-electron chi connectivity index (χ2n) is 6.51. The molecule has 0 bridgehead atoms. The fourth-order valence-corrected chi connectivity index (χ4v) is 3.54. The van der Waals surface area contributed by atoms with Gasteiger partial charge >= 0.3 is 0 Å². The first-order valence-corrected chi connectivity index (χ1v) is 8.33. The number of nitrogens with two attached hydrogens (primary N) is 1. The summed E-state index contributed by atoms with van der Waals surface area (Å²) in [4.78, 5) is 0. The van der Waals surface area contributed by atoms with Gasteiger partial charge in [0.2, 0.25) is 11.8 Å². The summed E-state index contributed by atoms with van der Waals surface area (Å²) in [6.07, 6.45) is 0. The number of benzene rings is 1. The zero-order valence-corrected chi connectivity index (χ0v) is 15.3. The number of aromatic nitrogens is 2. The van der Waals surface area contributed by atoms with Gasteiger partial charge in [-0.25, -0.2) is 0 Å².